The zero-order valence-corrected chi connectivity index (χ0v) is 13.5. The predicted octanol–water partition coefficient (Wildman–Crippen LogP) is 0.288. The Balaban J connectivity index is 1.63. The van der Waals surface area contributed by atoms with Crippen molar-refractivity contribution in [3.05, 3.63) is 42.0 Å². The van der Waals surface area contributed by atoms with Crippen LogP contribution < -0.4 is 9.84 Å². The fraction of sp³-hybridized carbons (Fsp3) is 0.444. The minimum absolute atomic E-state index is 0.179. The first-order valence-electron chi connectivity index (χ1n) is 7.99. The van der Waals surface area contributed by atoms with Gasteiger partial charge >= 0.3 is 0 Å². The number of methoxy groups -OCH3 is 1. The van der Waals surface area contributed by atoms with Gasteiger partial charge in [-0.2, -0.15) is 0 Å². The maximum Gasteiger partial charge on any atom is 0.230 e. The number of hydrogen-bond acceptors (Lipinski definition) is 5. The van der Waals surface area contributed by atoms with Gasteiger partial charge in [-0.3, -0.25) is 4.79 Å². The Morgan fingerprint density at radius 3 is 2.75 bits per heavy atom. The second-order valence-electron chi connectivity index (χ2n) is 6.63. The lowest BCUT2D eigenvalue weighted by atomic mass is 9.77. The monoisotopic (exact) mass is 328 g/mol. The zero-order chi connectivity index (χ0) is 17.1. The first-order chi connectivity index (χ1) is 11.5. The molecule has 0 N–H and O–H groups in total. The van der Waals surface area contributed by atoms with E-state index < -0.39 is 29.5 Å². The van der Waals surface area contributed by atoms with Crippen LogP contribution in [0, 0.1) is 11.8 Å². The normalized spacial score (nSPS) is 34.5. The van der Waals surface area contributed by atoms with Crippen LogP contribution in [0.25, 0.3) is 0 Å². The summed E-state index contributed by atoms with van der Waals surface area (Å²) >= 11 is 0. The van der Waals surface area contributed by atoms with Crippen molar-refractivity contribution in [1.29, 1.82) is 0 Å². The van der Waals surface area contributed by atoms with Crippen LogP contribution in [0.4, 0.5) is 0 Å². The van der Waals surface area contributed by atoms with E-state index in [1.54, 1.807) is 18.1 Å². The summed E-state index contributed by atoms with van der Waals surface area (Å²) in [6, 6.07) is 7.33. The van der Waals surface area contributed by atoms with Gasteiger partial charge in [0, 0.05) is 11.9 Å². The molecule has 1 aromatic carbocycles. The number of rotatable bonds is 4. The maximum absolute atomic E-state index is 12.9. The van der Waals surface area contributed by atoms with Gasteiger partial charge < -0.3 is 24.3 Å². The SMILES string of the molecule is COc1ccc([C@@H](C)N2C[C@@]34C=C[C@@H](O3)[C@H](C(=O)[O-])[C@H]4C2=O)cc1. The molecule has 0 saturated carbocycles. The van der Waals surface area contributed by atoms with Gasteiger partial charge in [0.1, 0.15) is 11.4 Å². The first kappa shape index (κ1) is 15.2. The fourth-order valence-corrected chi connectivity index (χ4v) is 4.19. The Bertz CT molecular complexity index is 727. The highest BCUT2D eigenvalue weighted by atomic mass is 16.5. The van der Waals surface area contributed by atoms with Gasteiger partial charge in [-0.1, -0.05) is 24.3 Å². The summed E-state index contributed by atoms with van der Waals surface area (Å²) in [4.78, 5) is 26.1. The number of likely N-dealkylation sites (tertiary alicyclic amines) is 1. The summed E-state index contributed by atoms with van der Waals surface area (Å²) in [6.07, 6.45) is 3.04. The lowest BCUT2D eigenvalue weighted by molar-refractivity contribution is -0.313. The molecule has 0 unspecified atom stereocenters. The molecule has 6 nitrogen and oxygen atoms in total. The topological polar surface area (TPSA) is 78.9 Å². The summed E-state index contributed by atoms with van der Waals surface area (Å²) < 4.78 is 11.0. The molecule has 4 rings (SSSR count). The van der Waals surface area contributed by atoms with Crippen molar-refractivity contribution in [2.75, 3.05) is 13.7 Å². The van der Waals surface area contributed by atoms with E-state index in [-0.39, 0.29) is 11.9 Å². The van der Waals surface area contributed by atoms with E-state index in [1.807, 2.05) is 37.3 Å². The molecule has 1 aromatic rings. The van der Waals surface area contributed by atoms with E-state index in [4.69, 9.17) is 9.47 Å². The number of hydrogen-bond donors (Lipinski definition) is 0. The minimum Gasteiger partial charge on any atom is -0.550 e. The molecule has 0 aliphatic carbocycles. The van der Waals surface area contributed by atoms with Gasteiger partial charge in [-0.05, 0) is 24.6 Å². The highest BCUT2D eigenvalue weighted by Crippen LogP contribution is 2.53. The van der Waals surface area contributed by atoms with Crippen molar-refractivity contribution in [2.45, 2.75) is 24.7 Å². The number of carbonyl (C=O) groups excluding carboxylic acids is 2. The third-order valence-electron chi connectivity index (χ3n) is 5.47. The number of amides is 1. The largest absolute Gasteiger partial charge is 0.550 e. The molecule has 24 heavy (non-hydrogen) atoms. The number of carboxylic acids is 1. The Morgan fingerprint density at radius 1 is 1.42 bits per heavy atom. The Kier molecular flexibility index (Phi) is 3.22. The molecule has 3 aliphatic heterocycles. The van der Waals surface area contributed by atoms with Gasteiger partial charge in [0.2, 0.25) is 5.91 Å². The molecule has 6 heteroatoms. The number of aliphatic carboxylic acids is 1. The van der Waals surface area contributed by atoms with Crippen LogP contribution in [0.15, 0.2) is 36.4 Å². The van der Waals surface area contributed by atoms with Gasteiger partial charge in [-0.25, -0.2) is 0 Å². The third kappa shape index (κ3) is 1.92. The number of carbonyl (C=O) groups is 2. The van der Waals surface area contributed by atoms with E-state index in [2.05, 4.69) is 0 Å². The lowest BCUT2D eigenvalue weighted by Gasteiger charge is -2.28. The molecule has 2 fully saturated rings. The molecule has 1 amide bonds. The van der Waals surface area contributed by atoms with Crippen LogP contribution in [0.5, 0.6) is 5.75 Å². The quantitative estimate of drug-likeness (QED) is 0.742. The average Bonchev–Trinajstić information content (AvgIpc) is 3.22. The fourth-order valence-electron chi connectivity index (χ4n) is 4.19. The maximum atomic E-state index is 12.9. The number of fused-ring (bicyclic) bond motifs is 1. The summed E-state index contributed by atoms with van der Waals surface area (Å²) in [5, 5.41) is 11.5. The first-order valence-corrected chi connectivity index (χ1v) is 7.99. The molecule has 1 spiro atoms. The molecule has 3 aliphatic rings. The Labute approximate surface area is 139 Å². The smallest absolute Gasteiger partial charge is 0.230 e. The number of ether oxygens (including phenoxy) is 2. The van der Waals surface area contributed by atoms with E-state index in [0.717, 1.165) is 11.3 Å². The van der Waals surface area contributed by atoms with Crippen molar-refractivity contribution in [3.63, 3.8) is 0 Å². The molecule has 0 aromatic heterocycles. The highest BCUT2D eigenvalue weighted by Gasteiger charge is 2.65. The van der Waals surface area contributed by atoms with E-state index >= 15 is 0 Å². The van der Waals surface area contributed by atoms with Crippen molar-refractivity contribution in [1.82, 2.24) is 4.90 Å². The molecule has 126 valence electrons. The van der Waals surface area contributed by atoms with Crippen LogP contribution in [-0.4, -0.2) is 42.1 Å². The van der Waals surface area contributed by atoms with Crippen LogP contribution in [0.2, 0.25) is 0 Å². The van der Waals surface area contributed by atoms with E-state index in [9.17, 15) is 14.7 Å². The van der Waals surface area contributed by atoms with Crippen molar-refractivity contribution in [2.24, 2.45) is 11.8 Å². The molecule has 2 bridgehead atoms. The molecule has 0 radical (unpaired) electrons. The summed E-state index contributed by atoms with van der Waals surface area (Å²) in [7, 11) is 1.60. The molecule has 2 saturated heterocycles. The Hall–Kier alpha value is -2.34. The second-order valence-corrected chi connectivity index (χ2v) is 6.63. The van der Waals surface area contributed by atoms with Gasteiger partial charge in [0.15, 0.2) is 0 Å². The highest BCUT2D eigenvalue weighted by molar-refractivity contribution is 5.90. The standard InChI is InChI=1S/C18H19NO5/c1-10(11-3-5-12(23-2)6-4-11)19-9-18-8-7-13(24-18)14(17(21)22)15(18)16(19)20/h3-8,10,13-15H,9H2,1-2H3,(H,21,22)/p-1/t10-,13-,14+,15+,18-/m1/s1. The van der Waals surface area contributed by atoms with Gasteiger partial charge in [0.25, 0.3) is 0 Å². The van der Waals surface area contributed by atoms with Gasteiger partial charge in [0.05, 0.1) is 31.7 Å². The summed E-state index contributed by atoms with van der Waals surface area (Å²) in [6.45, 7) is 2.29. The van der Waals surface area contributed by atoms with Crippen LogP contribution in [0.1, 0.15) is 18.5 Å². The van der Waals surface area contributed by atoms with E-state index in [1.165, 1.54) is 0 Å². The van der Waals surface area contributed by atoms with Crippen molar-refractivity contribution >= 4 is 11.9 Å². The van der Waals surface area contributed by atoms with Crippen molar-refractivity contribution < 1.29 is 24.2 Å². The van der Waals surface area contributed by atoms with Gasteiger partial charge in [-0.15, -0.1) is 0 Å². The minimum atomic E-state index is -1.22. The average molecular weight is 328 g/mol. The Morgan fingerprint density at radius 2 is 2.12 bits per heavy atom. The molecule has 3 heterocycles. The van der Waals surface area contributed by atoms with Crippen molar-refractivity contribution in [3.8, 4) is 5.75 Å². The molecular weight excluding hydrogens is 310 g/mol. The summed E-state index contributed by atoms with van der Waals surface area (Å²) in [5.41, 5.74) is 0.136. The molecular formula is C18H18NO5-. The lowest BCUT2D eigenvalue weighted by Crippen LogP contribution is -2.45. The summed E-state index contributed by atoms with van der Waals surface area (Å²) in [5.74, 6) is -2.26. The van der Waals surface area contributed by atoms with Crippen LogP contribution in [0.3, 0.4) is 0 Å². The number of benzene rings is 1. The number of carboxylic acid groups (broad SMARTS) is 1. The van der Waals surface area contributed by atoms with E-state index in [0.29, 0.717) is 6.54 Å². The van der Waals surface area contributed by atoms with Crippen LogP contribution >= 0.6 is 0 Å². The zero-order valence-electron chi connectivity index (χ0n) is 13.5. The van der Waals surface area contributed by atoms with Crippen LogP contribution in [-0.2, 0) is 14.3 Å². The molecule has 5 atom stereocenters. The number of nitrogens with zero attached hydrogens (tertiary/aromatic N) is 1. The third-order valence-corrected chi connectivity index (χ3v) is 5.47. The second kappa shape index (κ2) is 5.08. The predicted molar refractivity (Wildman–Crippen MR) is 81.9 cm³/mol.